The van der Waals surface area contributed by atoms with Gasteiger partial charge in [-0.05, 0) is 23.9 Å². The zero-order chi connectivity index (χ0) is 9.80. The van der Waals surface area contributed by atoms with E-state index in [2.05, 4.69) is 28.6 Å². The maximum atomic E-state index is 5.89. The molecule has 0 bridgehead atoms. The van der Waals surface area contributed by atoms with E-state index in [1.807, 2.05) is 12.3 Å². The zero-order valence-electron chi connectivity index (χ0n) is 7.82. The predicted molar refractivity (Wildman–Crippen MR) is 63.2 cm³/mol. The van der Waals surface area contributed by atoms with Gasteiger partial charge in [0.05, 0.1) is 5.75 Å². The number of hydrogen-bond donors (Lipinski definition) is 0. The molecule has 0 fully saturated rings. The number of hydrogen-bond acceptors (Lipinski definition) is 2. The highest BCUT2D eigenvalue weighted by Crippen LogP contribution is 2.25. The van der Waals surface area contributed by atoms with Crippen molar-refractivity contribution in [1.29, 1.82) is 0 Å². The lowest BCUT2D eigenvalue weighted by atomic mass is 10.1. The zero-order valence-corrected chi connectivity index (χ0v) is 9.39. The van der Waals surface area contributed by atoms with Crippen molar-refractivity contribution in [2.24, 2.45) is 0 Å². The third kappa shape index (κ3) is 2.69. The van der Waals surface area contributed by atoms with Gasteiger partial charge in [0.25, 0.3) is 0 Å². The van der Waals surface area contributed by atoms with Gasteiger partial charge in [0.1, 0.15) is 0 Å². The highest BCUT2D eigenvalue weighted by Gasteiger charge is 2.10. The van der Waals surface area contributed by atoms with Crippen LogP contribution < -0.4 is 0 Å². The van der Waals surface area contributed by atoms with Gasteiger partial charge in [-0.3, -0.25) is 0 Å². The van der Waals surface area contributed by atoms with E-state index in [4.69, 9.17) is 11.6 Å². The van der Waals surface area contributed by atoms with Gasteiger partial charge in [-0.25, -0.2) is 0 Å². The normalized spacial score (nSPS) is 15.8. The van der Waals surface area contributed by atoms with E-state index in [-0.39, 0.29) is 0 Å². The van der Waals surface area contributed by atoms with Crippen LogP contribution in [0, 0.1) is 0 Å². The molecule has 1 aromatic carbocycles. The Kier molecular flexibility index (Phi) is 3.38. The quantitative estimate of drug-likeness (QED) is 0.727. The van der Waals surface area contributed by atoms with Crippen LogP contribution >= 0.6 is 23.5 Å². The van der Waals surface area contributed by atoms with E-state index >= 15 is 0 Å². The Morgan fingerprint density at radius 2 is 2.07 bits per heavy atom. The highest BCUT2D eigenvalue weighted by molar-refractivity contribution is 7.97. The number of nitrogens with zero attached hydrogens (tertiary/aromatic N) is 1. The third-order valence-corrected chi connectivity index (χ3v) is 3.57. The molecule has 0 atom stereocenters. The second-order valence-electron chi connectivity index (χ2n) is 3.23. The molecule has 2 rings (SSSR count). The van der Waals surface area contributed by atoms with Gasteiger partial charge < -0.3 is 4.31 Å². The standard InChI is InChI=1S/C11H12ClNS/c12-11-8-13(14-9-11)7-6-10-4-2-1-3-5-10/h1-5,8H,6-7,9H2. The molecule has 0 aromatic heterocycles. The largest absolute Gasteiger partial charge is 0.321 e. The first-order valence-electron chi connectivity index (χ1n) is 4.64. The fourth-order valence-electron chi connectivity index (χ4n) is 1.39. The summed E-state index contributed by atoms with van der Waals surface area (Å²) in [6.07, 6.45) is 3.10. The van der Waals surface area contributed by atoms with Gasteiger partial charge in [-0.1, -0.05) is 41.9 Å². The summed E-state index contributed by atoms with van der Waals surface area (Å²) in [4.78, 5) is 0. The summed E-state index contributed by atoms with van der Waals surface area (Å²) in [7, 11) is 0. The van der Waals surface area contributed by atoms with Crippen LogP contribution in [0.1, 0.15) is 5.56 Å². The third-order valence-electron chi connectivity index (χ3n) is 2.12. The molecule has 0 aliphatic carbocycles. The fourth-order valence-corrected chi connectivity index (χ4v) is 2.50. The molecule has 3 heteroatoms. The van der Waals surface area contributed by atoms with E-state index in [9.17, 15) is 0 Å². The van der Waals surface area contributed by atoms with Crippen LogP contribution in [0.25, 0.3) is 0 Å². The molecule has 1 heterocycles. The molecule has 0 unspecified atom stereocenters. The Bertz CT molecular complexity index is 323. The monoisotopic (exact) mass is 225 g/mol. The molecule has 1 aliphatic rings. The highest BCUT2D eigenvalue weighted by atomic mass is 35.5. The van der Waals surface area contributed by atoms with Crippen LogP contribution in [-0.2, 0) is 6.42 Å². The van der Waals surface area contributed by atoms with E-state index in [0.717, 1.165) is 23.8 Å². The van der Waals surface area contributed by atoms with Crippen molar-refractivity contribution in [2.45, 2.75) is 6.42 Å². The maximum absolute atomic E-state index is 5.89. The molecule has 1 aromatic rings. The van der Waals surface area contributed by atoms with Crippen LogP contribution in [0.4, 0.5) is 0 Å². The van der Waals surface area contributed by atoms with Crippen molar-refractivity contribution < 1.29 is 0 Å². The minimum absolute atomic E-state index is 0.927. The van der Waals surface area contributed by atoms with Crippen LogP contribution in [-0.4, -0.2) is 16.6 Å². The SMILES string of the molecule is ClC1=CN(CCc2ccccc2)SC1. The number of halogens is 1. The lowest BCUT2D eigenvalue weighted by molar-refractivity contribution is 0.626. The molecule has 0 spiro atoms. The Morgan fingerprint density at radius 3 is 2.71 bits per heavy atom. The summed E-state index contributed by atoms with van der Waals surface area (Å²) in [6, 6.07) is 10.5. The van der Waals surface area contributed by atoms with Gasteiger partial charge in [0, 0.05) is 17.8 Å². The van der Waals surface area contributed by atoms with Crippen molar-refractivity contribution in [3.8, 4) is 0 Å². The summed E-state index contributed by atoms with van der Waals surface area (Å²) in [5.41, 5.74) is 1.38. The first-order valence-corrected chi connectivity index (χ1v) is 5.96. The smallest absolute Gasteiger partial charge is 0.0508 e. The predicted octanol–water partition coefficient (Wildman–Crippen LogP) is 3.27. The minimum atomic E-state index is 0.927. The molecule has 1 nitrogen and oxygen atoms in total. The van der Waals surface area contributed by atoms with E-state index in [0.29, 0.717) is 0 Å². The van der Waals surface area contributed by atoms with Crippen molar-refractivity contribution in [3.63, 3.8) is 0 Å². The molecule has 1 aliphatic heterocycles. The van der Waals surface area contributed by atoms with Crippen molar-refractivity contribution in [3.05, 3.63) is 47.1 Å². The van der Waals surface area contributed by atoms with Crippen molar-refractivity contribution in [2.75, 3.05) is 12.3 Å². The Balaban J connectivity index is 1.84. The van der Waals surface area contributed by atoms with Crippen molar-refractivity contribution >= 4 is 23.5 Å². The first-order chi connectivity index (χ1) is 6.84. The molecular weight excluding hydrogens is 214 g/mol. The molecule has 0 saturated heterocycles. The molecule has 0 N–H and O–H groups in total. The number of benzene rings is 1. The minimum Gasteiger partial charge on any atom is -0.321 e. The Hall–Kier alpha value is -0.600. The topological polar surface area (TPSA) is 3.24 Å². The van der Waals surface area contributed by atoms with Crippen molar-refractivity contribution in [1.82, 2.24) is 4.31 Å². The van der Waals surface area contributed by atoms with Crippen LogP contribution in [0.15, 0.2) is 41.6 Å². The van der Waals surface area contributed by atoms with Crippen LogP contribution in [0.2, 0.25) is 0 Å². The lowest BCUT2D eigenvalue weighted by Crippen LogP contribution is -2.09. The van der Waals surface area contributed by atoms with Crippen LogP contribution in [0.5, 0.6) is 0 Å². The first kappa shape index (κ1) is 9.94. The molecule has 0 radical (unpaired) electrons. The average Bonchev–Trinajstić information content (AvgIpc) is 2.63. The molecule has 0 saturated carbocycles. The van der Waals surface area contributed by atoms with Gasteiger partial charge in [0.15, 0.2) is 0 Å². The van der Waals surface area contributed by atoms with E-state index in [1.54, 1.807) is 11.9 Å². The van der Waals surface area contributed by atoms with Crippen LogP contribution in [0.3, 0.4) is 0 Å². The number of rotatable bonds is 3. The Morgan fingerprint density at radius 1 is 1.29 bits per heavy atom. The second kappa shape index (κ2) is 4.76. The lowest BCUT2D eigenvalue weighted by Gasteiger charge is -2.12. The molecular formula is C11H12ClNS. The Labute approximate surface area is 93.9 Å². The average molecular weight is 226 g/mol. The molecule has 0 amide bonds. The van der Waals surface area contributed by atoms with Gasteiger partial charge >= 0.3 is 0 Å². The summed E-state index contributed by atoms with van der Waals surface area (Å²) < 4.78 is 2.20. The molecule has 14 heavy (non-hydrogen) atoms. The molecule has 74 valence electrons. The van der Waals surface area contributed by atoms with E-state index < -0.39 is 0 Å². The van der Waals surface area contributed by atoms with Gasteiger partial charge in [-0.15, -0.1) is 0 Å². The van der Waals surface area contributed by atoms with Gasteiger partial charge in [0.2, 0.25) is 0 Å². The second-order valence-corrected chi connectivity index (χ2v) is 4.73. The summed E-state index contributed by atoms with van der Waals surface area (Å²) in [5, 5.41) is 0.947. The van der Waals surface area contributed by atoms with E-state index in [1.165, 1.54) is 5.56 Å². The fraction of sp³-hybridized carbons (Fsp3) is 0.273. The summed E-state index contributed by atoms with van der Waals surface area (Å²) >= 11 is 7.67. The summed E-state index contributed by atoms with van der Waals surface area (Å²) in [6.45, 7) is 1.03. The summed E-state index contributed by atoms with van der Waals surface area (Å²) in [5.74, 6) is 0.927. The maximum Gasteiger partial charge on any atom is 0.0508 e. The van der Waals surface area contributed by atoms with Gasteiger partial charge in [-0.2, -0.15) is 0 Å².